The van der Waals surface area contributed by atoms with Crippen LogP contribution in [0.25, 0.3) is 0 Å². The van der Waals surface area contributed by atoms with Gasteiger partial charge in [0, 0.05) is 0 Å². The monoisotopic (exact) mass is 170 g/mol. The van der Waals surface area contributed by atoms with Crippen molar-refractivity contribution in [1.29, 1.82) is 0 Å². The van der Waals surface area contributed by atoms with Gasteiger partial charge in [-0.15, -0.1) is 13.2 Å². The summed E-state index contributed by atoms with van der Waals surface area (Å²) in [6.45, 7) is 12.7. The summed E-state index contributed by atoms with van der Waals surface area (Å²) in [4.78, 5) is 0. The van der Waals surface area contributed by atoms with E-state index in [2.05, 4.69) is 33.9 Å². The summed E-state index contributed by atoms with van der Waals surface area (Å²) in [5, 5.41) is 0. The van der Waals surface area contributed by atoms with E-state index in [1.54, 1.807) is 0 Å². The Kier molecular flexibility index (Phi) is 6.09. The second-order valence-electron chi connectivity index (χ2n) is 3.55. The Morgan fingerprint density at radius 2 is 1.83 bits per heavy atom. The average molecular weight is 170 g/mol. The molecular formula is C11H22O. The van der Waals surface area contributed by atoms with Crippen LogP contribution >= 0.6 is 0 Å². The predicted octanol–water partition coefficient (Wildman–Crippen LogP) is 3.40. The van der Waals surface area contributed by atoms with E-state index in [0.29, 0.717) is 12.2 Å². The molecule has 1 saturated heterocycles. The van der Waals surface area contributed by atoms with Gasteiger partial charge in [-0.1, -0.05) is 13.8 Å². The molecule has 1 nitrogen and oxygen atoms in total. The molecule has 0 spiro atoms. The van der Waals surface area contributed by atoms with Gasteiger partial charge in [-0.3, -0.25) is 0 Å². The van der Waals surface area contributed by atoms with Crippen molar-refractivity contribution in [3.8, 4) is 0 Å². The van der Waals surface area contributed by atoms with E-state index < -0.39 is 0 Å². The molecule has 0 N–H and O–H groups in total. The van der Waals surface area contributed by atoms with Gasteiger partial charge in [0.05, 0.1) is 12.2 Å². The molecule has 0 bridgehead atoms. The Morgan fingerprint density at radius 1 is 1.25 bits per heavy atom. The third-order valence-electron chi connectivity index (χ3n) is 2.28. The normalized spacial score (nSPS) is 35.1. The lowest BCUT2D eigenvalue weighted by molar-refractivity contribution is -0.0594. The van der Waals surface area contributed by atoms with E-state index >= 15 is 0 Å². The van der Waals surface area contributed by atoms with E-state index in [9.17, 15) is 0 Å². The van der Waals surface area contributed by atoms with Gasteiger partial charge >= 0.3 is 0 Å². The molecule has 1 heterocycles. The van der Waals surface area contributed by atoms with Crippen LogP contribution in [-0.2, 0) is 4.74 Å². The molecule has 2 unspecified atom stereocenters. The van der Waals surface area contributed by atoms with Gasteiger partial charge in [0.1, 0.15) is 0 Å². The lowest BCUT2D eigenvalue weighted by Gasteiger charge is -2.31. The molecule has 0 aromatic carbocycles. The highest BCUT2D eigenvalue weighted by molar-refractivity contribution is 4.71. The van der Waals surface area contributed by atoms with Crippen LogP contribution in [0.1, 0.15) is 40.0 Å². The molecule has 12 heavy (non-hydrogen) atoms. The van der Waals surface area contributed by atoms with Crippen LogP contribution in [0.3, 0.4) is 0 Å². The van der Waals surface area contributed by atoms with Crippen LogP contribution in [0.4, 0.5) is 0 Å². The third-order valence-corrected chi connectivity index (χ3v) is 2.28. The molecule has 0 aliphatic carbocycles. The summed E-state index contributed by atoms with van der Waals surface area (Å²) in [7, 11) is 0. The van der Waals surface area contributed by atoms with Crippen molar-refractivity contribution in [2.45, 2.75) is 52.2 Å². The molecule has 1 rings (SSSR count). The number of rotatable bonds is 1. The second kappa shape index (κ2) is 6.24. The topological polar surface area (TPSA) is 9.23 Å². The van der Waals surface area contributed by atoms with Crippen LogP contribution in [0.2, 0.25) is 0 Å². The Bertz CT molecular complexity index is 102. The van der Waals surface area contributed by atoms with Gasteiger partial charge in [-0.2, -0.15) is 0 Å². The van der Waals surface area contributed by atoms with Gasteiger partial charge in [-0.05, 0) is 32.1 Å². The van der Waals surface area contributed by atoms with E-state index in [0.717, 1.165) is 5.92 Å². The maximum absolute atomic E-state index is 5.71. The molecule has 1 aliphatic rings. The maximum atomic E-state index is 5.71. The second-order valence-corrected chi connectivity index (χ2v) is 3.55. The van der Waals surface area contributed by atoms with Crippen molar-refractivity contribution >= 4 is 0 Å². The fourth-order valence-corrected chi connectivity index (χ4v) is 1.81. The van der Waals surface area contributed by atoms with Gasteiger partial charge in [0.15, 0.2) is 0 Å². The van der Waals surface area contributed by atoms with Crippen molar-refractivity contribution in [2.24, 2.45) is 5.92 Å². The Balaban J connectivity index is 0.000000561. The third kappa shape index (κ3) is 3.91. The van der Waals surface area contributed by atoms with Crippen LogP contribution < -0.4 is 0 Å². The van der Waals surface area contributed by atoms with Crippen molar-refractivity contribution in [2.75, 3.05) is 0 Å². The largest absolute Gasteiger partial charge is 0.375 e. The molecule has 0 saturated carbocycles. The predicted molar refractivity (Wildman–Crippen MR) is 54.3 cm³/mol. The minimum atomic E-state index is 0.494. The molecular weight excluding hydrogens is 148 g/mol. The first-order chi connectivity index (χ1) is 5.72. The zero-order valence-corrected chi connectivity index (χ0v) is 8.68. The molecule has 1 aliphatic heterocycles. The lowest BCUT2D eigenvalue weighted by atomic mass is 9.93. The molecule has 0 aromatic rings. The van der Waals surface area contributed by atoms with E-state index in [-0.39, 0.29) is 0 Å². The van der Waals surface area contributed by atoms with Gasteiger partial charge < -0.3 is 4.74 Å². The zero-order valence-electron chi connectivity index (χ0n) is 8.68. The average Bonchev–Trinajstić information content (AvgIpc) is 2.06. The molecule has 1 heteroatoms. The van der Waals surface area contributed by atoms with E-state index in [1.807, 2.05) is 0 Å². The number of hydrogen-bond acceptors (Lipinski definition) is 1. The molecule has 72 valence electrons. The Morgan fingerprint density at radius 3 is 2.25 bits per heavy atom. The maximum Gasteiger partial charge on any atom is 0.0578 e. The van der Waals surface area contributed by atoms with Crippen LogP contribution in [0, 0.1) is 5.92 Å². The summed E-state index contributed by atoms with van der Waals surface area (Å²) < 4.78 is 5.71. The van der Waals surface area contributed by atoms with Crippen molar-refractivity contribution in [3.05, 3.63) is 13.2 Å². The summed E-state index contributed by atoms with van der Waals surface area (Å²) in [6.07, 6.45) is 4.72. The fourth-order valence-electron chi connectivity index (χ4n) is 1.81. The zero-order chi connectivity index (χ0) is 9.56. The summed E-state index contributed by atoms with van der Waals surface area (Å²) in [6, 6.07) is 0. The van der Waals surface area contributed by atoms with Crippen LogP contribution in [-0.4, -0.2) is 12.2 Å². The standard InChI is InChI=1S/C9H18O.C2H4/c1-4-9-6-7(2)5-8(3)10-9;1-2/h7-9H,4-6H2,1-3H3;1-2H2/t7-,8?,9?;/m1./s1. The number of ether oxygens (including phenoxy) is 1. The minimum Gasteiger partial charge on any atom is -0.375 e. The summed E-state index contributed by atoms with van der Waals surface area (Å²) in [5.74, 6) is 0.869. The molecule has 0 radical (unpaired) electrons. The summed E-state index contributed by atoms with van der Waals surface area (Å²) >= 11 is 0. The lowest BCUT2D eigenvalue weighted by Crippen LogP contribution is -2.29. The highest BCUT2D eigenvalue weighted by atomic mass is 16.5. The van der Waals surface area contributed by atoms with Crippen molar-refractivity contribution < 1.29 is 4.74 Å². The van der Waals surface area contributed by atoms with Gasteiger partial charge in [-0.25, -0.2) is 0 Å². The van der Waals surface area contributed by atoms with E-state index in [1.165, 1.54) is 19.3 Å². The summed E-state index contributed by atoms with van der Waals surface area (Å²) in [5.41, 5.74) is 0. The van der Waals surface area contributed by atoms with Gasteiger partial charge in [0.2, 0.25) is 0 Å². The quantitative estimate of drug-likeness (QED) is 0.548. The first kappa shape index (κ1) is 11.7. The Labute approximate surface area is 76.8 Å². The molecule has 0 amide bonds. The van der Waals surface area contributed by atoms with Crippen LogP contribution in [0.15, 0.2) is 13.2 Å². The highest BCUT2D eigenvalue weighted by Gasteiger charge is 2.22. The highest BCUT2D eigenvalue weighted by Crippen LogP contribution is 2.25. The first-order valence-corrected chi connectivity index (χ1v) is 4.87. The van der Waals surface area contributed by atoms with Crippen molar-refractivity contribution in [3.63, 3.8) is 0 Å². The molecule has 0 aromatic heterocycles. The van der Waals surface area contributed by atoms with Crippen molar-refractivity contribution in [1.82, 2.24) is 0 Å². The van der Waals surface area contributed by atoms with Crippen LogP contribution in [0.5, 0.6) is 0 Å². The molecule has 3 atom stereocenters. The molecule has 1 fully saturated rings. The minimum absolute atomic E-state index is 0.494. The number of hydrogen-bond donors (Lipinski definition) is 0. The van der Waals surface area contributed by atoms with E-state index in [4.69, 9.17) is 4.74 Å². The SMILES string of the molecule is C=C.CCC1C[C@H](C)CC(C)O1. The Hall–Kier alpha value is -0.300. The first-order valence-electron chi connectivity index (χ1n) is 4.87. The van der Waals surface area contributed by atoms with Gasteiger partial charge in [0.25, 0.3) is 0 Å². The fraction of sp³-hybridized carbons (Fsp3) is 0.818. The smallest absolute Gasteiger partial charge is 0.0578 e.